The van der Waals surface area contributed by atoms with Crippen molar-refractivity contribution in [3.63, 3.8) is 0 Å². The maximum atomic E-state index is 12.3. The molecule has 0 aromatic heterocycles. The summed E-state index contributed by atoms with van der Waals surface area (Å²) >= 11 is 0. The van der Waals surface area contributed by atoms with Gasteiger partial charge in [0.2, 0.25) is 10.0 Å². The molecule has 0 heterocycles. The minimum Gasteiger partial charge on any atom is -0.480 e. The summed E-state index contributed by atoms with van der Waals surface area (Å²) in [5.41, 5.74) is 6.79. The minimum atomic E-state index is -4.02. The number of carboxylic acid groups (broad SMARTS) is 1. The van der Waals surface area contributed by atoms with Gasteiger partial charge in [-0.25, -0.2) is 8.42 Å². The molecular weight excluding hydrogens is 370 g/mol. The van der Waals surface area contributed by atoms with Crippen molar-refractivity contribution in [2.24, 2.45) is 5.73 Å². The van der Waals surface area contributed by atoms with Gasteiger partial charge in [0.05, 0.1) is 4.90 Å². The summed E-state index contributed by atoms with van der Waals surface area (Å²) in [5, 5.41) is 11.7. The van der Waals surface area contributed by atoms with E-state index in [1.54, 1.807) is 30.3 Å². The smallest absolute Gasteiger partial charge is 0.323 e. The van der Waals surface area contributed by atoms with Gasteiger partial charge in [0.1, 0.15) is 6.04 Å². The van der Waals surface area contributed by atoms with E-state index in [9.17, 15) is 23.1 Å². The lowest BCUT2D eigenvalue weighted by Crippen LogP contribution is -2.48. The fourth-order valence-electron chi connectivity index (χ4n) is 2.32. The van der Waals surface area contributed by atoms with Crippen molar-refractivity contribution < 1.29 is 23.1 Å². The first-order chi connectivity index (χ1) is 12.8. The van der Waals surface area contributed by atoms with E-state index in [0.29, 0.717) is 18.5 Å². The molecule has 2 rings (SSSR count). The average Bonchev–Trinajstić information content (AvgIpc) is 2.66. The molecule has 0 bridgehead atoms. The lowest BCUT2D eigenvalue weighted by Gasteiger charge is -2.15. The molecule has 5 N–H and O–H groups in total. The number of nitrogens with one attached hydrogen (secondary N) is 2. The number of aliphatic carboxylic acids is 1. The molecule has 27 heavy (non-hydrogen) atoms. The number of hydrogen-bond donors (Lipinski definition) is 4. The summed E-state index contributed by atoms with van der Waals surface area (Å²) in [4.78, 5) is 23.5. The minimum absolute atomic E-state index is 0.0573. The molecule has 0 radical (unpaired) electrons. The highest BCUT2D eigenvalue weighted by atomic mass is 32.2. The molecule has 0 aliphatic carbocycles. The van der Waals surface area contributed by atoms with Crippen LogP contribution in [0.4, 0.5) is 0 Å². The van der Waals surface area contributed by atoms with Crippen LogP contribution in [0.5, 0.6) is 0 Å². The largest absolute Gasteiger partial charge is 0.480 e. The Morgan fingerprint density at radius 1 is 1.04 bits per heavy atom. The van der Waals surface area contributed by atoms with Gasteiger partial charge in [-0.05, 0) is 42.8 Å². The van der Waals surface area contributed by atoms with E-state index in [1.807, 2.05) is 0 Å². The van der Waals surface area contributed by atoms with Gasteiger partial charge in [-0.3, -0.25) is 9.59 Å². The third kappa shape index (κ3) is 5.88. The SMILES string of the molecule is NCCc1ccc(C(=O)NC[C@H](NS(=O)(=O)c2ccccc2)C(=O)O)cc1. The van der Waals surface area contributed by atoms with E-state index in [1.165, 1.54) is 24.3 Å². The molecule has 0 fully saturated rings. The quantitative estimate of drug-likeness (QED) is 0.486. The van der Waals surface area contributed by atoms with Gasteiger partial charge in [0.25, 0.3) is 5.91 Å². The topological polar surface area (TPSA) is 139 Å². The summed E-state index contributed by atoms with van der Waals surface area (Å²) in [7, 11) is -4.02. The Balaban J connectivity index is 2.02. The van der Waals surface area contributed by atoms with Crippen LogP contribution in [-0.4, -0.2) is 44.5 Å². The average molecular weight is 391 g/mol. The molecule has 1 amide bonds. The Labute approximate surface area is 157 Å². The van der Waals surface area contributed by atoms with Crippen molar-refractivity contribution in [3.8, 4) is 0 Å². The number of carbonyl (C=O) groups excluding carboxylic acids is 1. The monoisotopic (exact) mass is 391 g/mol. The van der Waals surface area contributed by atoms with Crippen LogP contribution in [0.25, 0.3) is 0 Å². The van der Waals surface area contributed by atoms with Crippen molar-refractivity contribution in [3.05, 3.63) is 65.7 Å². The third-order valence-corrected chi connectivity index (χ3v) is 5.25. The molecule has 144 valence electrons. The fourth-order valence-corrected chi connectivity index (χ4v) is 3.53. The third-order valence-electron chi connectivity index (χ3n) is 3.76. The Hall–Kier alpha value is -2.75. The lowest BCUT2D eigenvalue weighted by molar-refractivity contribution is -0.138. The first kappa shape index (κ1) is 20.6. The second-order valence-corrected chi connectivity index (χ2v) is 7.48. The van der Waals surface area contributed by atoms with Crippen LogP contribution >= 0.6 is 0 Å². The highest BCUT2D eigenvalue weighted by Gasteiger charge is 2.25. The van der Waals surface area contributed by atoms with Gasteiger partial charge in [0.15, 0.2) is 0 Å². The Bertz CT molecular complexity index is 883. The molecule has 8 nitrogen and oxygen atoms in total. The maximum Gasteiger partial charge on any atom is 0.323 e. The first-order valence-electron chi connectivity index (χ1n) is 8.21. The first-order valence-corrected chi connectivity index (χ1v) is 9.69. The number of sulfonamides is 1. The van der Waals surface area contributed by atoms with E-state index in [-0.39, 0.29) is 4.90 Å². The molecule has 1 atom stereocenters. The van der Waals surface area contributed by atoms with Crippen molar-refractivity contribution in [1.29, 1.82) is 0 Å². The highest BCUT2D eigenvalue weighted by molar-refractivity contribution is 7.89. The van der Waals surface area contributed by atoms with Gasteiger partial charge < -0.3 is 16.2 Å². The molecule has 0 aliphatic rings. The van der Waals surface area contributed by atoms with Crippen LogP contribution in [0.3, 0.4) is 0 Å². The molecule has 0 spiro atoms. The zero-order valence-corrected chi connectivity index (χ0v) is 15.3. The molecular formula is C18H21N3O5S. The van der Waals surface area contributed by atoms with Crippen LogP contribution in [0.15, 0.2) is 59.5 Å². The number of carboxylic acids is 1. The van der Waals surface area contributed by atoms with E-state index in [0.717, 1.165) is 5.56 Å². The van der Waals surface area contributed by atoms with Gasteiger partial charge in [-0.2, -0.15) is 4.72 Å². The molecule has 0 unspecified atom stereocenters. The van der Waals surface area contributed by atoms with Crippen LogP contribution < -0.4 is 15.8 Å². The number of benzene rings is 2. The lowest BCUT2D eigenvalue weighted by atomic mass is 10.1. The van der Waals surface area contributed by atoms with E-state index in [2.05, 4.69) is 10.0 Å². The predicted molar refractivity (Wildman–Crippen MR) is 99.7 cm³/mol. The summed E-state index contributed by atoms with van der Waals surface area (Å²) < 4.78 is 26.6. The van der Waals surface area contributed by atoms with Crippen LogP contribution in [0, 0.1) is 0 Å². The zero-order chi connectivity index (χ0) is 19.9. The normalized spacial score (nSPS) is 12.3. The summed E-state index contributed by atoms with van der Waals surface area (Å²) in [6.07, 6.45) is 0.685. The van der Waals surface area contributed by atoms with Crippen LogP contribution in [0.1, 0.15) is 15.9 Å². The van der Waals surface area contributed by atoms with Gasteiger partial charge in [0, 0.05) is 12.1 Å². The number of nitrogens with two attached hydrogens (primary N) is 1. The Kier molecular flexibility index (Phi) is 7.05. The molecule has 9 heteroatoms. The second-order valence-electron chi connectivity index (χ2n) is 5.77. The van der Waals surface area contributed by atoms with E-state index in [4.69, 9.17) is 5.73 Å². The van der Waals surface area contributed by atoms with Gasteiger partial charge in [-0.1, -0.05) is 30.3 Å². The van der Waals surface area contributed by atoms with E-state index >= 15 is 0 Å². The number of hydrogen-bond acceptors (Lipinski definition) is 5. The second kappa shape index (κ2) is 9.26. The summed E-state index contributed by atoms with van der Waals surface area (Å²) in [5.74, 6) is -1.90. The molecule has 2 aromatic carbocycles. The molecule has 0 aliphatic heterocycles. The summed E-state index contributed by atoms with van der Waals surface area (Å²) in [6.45, 7) is 0.0954. The summed E-state index contributed by atoms with van der Waals surface area (Å²) in [6, 6.07) is 12.6. The Morgan fingerprint density at radius 3 is 2.22 bits per heavy atom. The maximum absolute atomic E-state index is 12.3. The van der Waals surface area contributed by atoms with Crippen molar-refractivity contribution in [2.75, 3.05) is 13.1 Å². The zero-order valence-electron chi connectivity index (χ0n) is 14.5. The van der Waals surface area contributed by atoms with Crippen molar-refractivity contribution in [1.82, 2.24) is 10.0 Å². The predicted octanol–water partition coefficient (Wildman–Crippen LogP) is 0.349. The number of rotatable bonds is 9. The Morgan fingerprint density at radius 2 is 1.67 bits per heavy atom. The standard InChI is InChI=1S/C18H21N3O5S/c19-11-10-13-6-8-14(9-7-13)17(22)20-12-16(18(23)24)21-27(25,26)15-4-2-1-3-5-15/h1-9,16,21H,10-12,19H2,(H,20,22)(H,23,24)/t16-/m0/s1. The molecule has 2 aromatic rings. The molecule has 0 saturated carbocycles. The van der Waals surface area contributed by atoms with Crippen molar-refractivity contribution in [2.45, 2.75) is 17.4 Å². The van der Waals surface area contributed by atoms with Gasteiger partial charge >= 0.3 is 5.97 Å². The van der Waals surface area contributed by atoms with Crippen LogP contribution in [0.2, 0.25) is 0 Å². The number of amides is 1. The van der Waals surface area contributed by atoms with Crippen molar-refractivity contribution >= 4 is 21.9 Å². The van der Waals surface area contributed by atoms with E-state index < -0.39 is 34.5 Å². The number of carbonyl (C=O) groups is 2. The van der Waals surface area contributed by atoms with Gasteiger partial charge in [-0.15, -0.1) is 0 Å². The van der Waals surface area contributed by atoms with Crippen LogP contribution in [-0.2, 0) is 21.2 Å². The molecule has 0 saturated heterocycles. The highest BCUT2D eigenvalue weighted by Crippen LogP contribution is 2.08. The fraction of sp³-hybridized carbons (Fsp3) is 0.222.